The third-order valence-electron chi connectivity index (χ3n) is 3.01. The van der Waals surface area contributed by atoms with E-state index in [1.807, 2.05) is 4.68 Å². The molecular formula is C14H27N3. The molecule has 1 aromatic heterocycles. The van der Waals surface area contributed by atoms with Crippen molar-refractivity contribution in [1.29, 1.82) is 0 Å². The molecule has 0 aliphatic rings. The summed E-state index contributed by atoms with van der Waals surface area (Å²) in [7, 11) is 0. The summed E-state index contributed by atoms with van der Waals surface area (Å²) in [5.41, 5.74) is 1.58. The summed E-state index contributed by atoms with van der Waals surface area (Å²) in [5.74, 6) is 0. The number of unbranched alkanes of at least 4 members (excludes halogenated alkanes) is 3. The molecule has 1 rings (SSSR count). The maximum absolute atomic E-state index is 4.11. The molecule has 0 bridgehead atoms. The summed E-state index contributed by atoms with van der Waals surface area (Å²) in [4.78, 5) is 0. The molecule has 17 heavy (non-hydrogen) atoms. The molecular weight excluding hydrogens is 210 g/mol. The van der Waals surface area contributed by atoms with Crippen LogP contribution in [0.1, 0.15) is 65.5 Å². The van der Waals surface area contributed by atoms with Crippen molar-refractivity contribution >= 4 is 0 Å². The minimum atomic E-state index is 0.488. The van der Waals surface area contributed by atoms with E-state index >= 15 is 0 Å². The van der Waals surface area contributed by atoms with Crippen LogP contribution in [0.4, 0.5) is 0 Å². The second-order valence-electron chi connectivity index (χ2n) is 6.05. The molecule has 0 amide bonds. The summed E-state index contributed by atoms with van der Waals surface area (Å²) in [6.07, 6.45) is 9.58. The average Bonchev–Trinajstić information content (AvgIpc) is 2.69. The first kappa shape index (κ1) is 14.2. The van der Waals surface area contributed by atoms with Crippen molar-refractivity contribution in [2.24, 2.45) is 5.41 Å². The Morgan fingerprint density at radius 1 is 1.12 bits per heavy atom. The summed E-state index contributed by atoms with van der Waals surface area (Å²) in [6, 6.07) is 0. The first-order valence-corrected chi connectivity index (χ1v) is 6.90. The summed E-state index contributed by atoms with van der Waals surface area (Å²) < 4.78 is 1.97. The van der Waals surface area contributed by atoms with Gasteiger partial charge in [-0.25, -0.2) is 0 Å². The van der Waals surface area contributed by atoms with Crippen LogP contribution in [0.5, 0.6) is 0 Å². The Balaban J connectivity index is 2.04. The number of aromatic nitrogens is 3. The fraction of sp³-hybridized carbons (Fsp3) is 0.857. The van der Waals surface area contributed by atoms with Gasteiger partial charge in [0.25, 0.3) is 0 Å². The van der Waals surface area contributed by atoms with Gasteiger partial charge in [-0.2, -0.15) is 0 Å². The van der Waals surface area contributed by atoms with Crippen molar-refractivity contribution in [2.45, 2.75) is 72.8 Å². The van der Waals surface area contributed by atoms with Gasteiger partial charge in [-0.1, -0.05) is 52.2 Å². The molecule has 98 valence electrons. The van der Waals surface area contributed by atoms with Crippen LogP contribution < -0.4 is 0 Å². The van der Waals surface area contributed by atoms with Crippen LogP contribution in [0.3, 0.4) is 0 Å². The Hall–Kier alpha value is -0.860. The Labute approximate surface area is 106 Å². The average molecular weight is 237 g/mol. The van der Waals surface area contributed by atoms with Crippen LogP contribution in [0.15, 0.2) is 6.20 Å². The van der Waals surface area contributed by atoms with Crippen LogP contribution in [0.25, 0.3) is 0 Å². The van der Waals surface area contributed by atoms with Gasteiger partial charge in [0, 0.05) is 12.7 Å². The second-order valence-corrected chi connectivity index (χ2v) is 6.05. The molecule has 0 spiro atoms. The maximum Gasteiger partial charge on any atom is 0.0824 e. The molecule has 0 N–H and O–H groups in total. The van der Waals surface area contributed by atoms with Crippen molar-refractivity contribution in [2.75, 3.05) is 0 Å². The lowest BCUT2D eigenvalue weighted by Crippen LogP contribution is -2.04. The lowest BCUT2D eigenvalue weighted by molar-refractivity contribution is 0.355. The van der Waals surface area contributed by atoms with Gasteiger partial charge in [0.05, 0.1) is 5.69 Å². The lowest BCUT2D eigenvalue weighted by Gasteiger charge is -2.17. The van der Waals surface area contributed by atoms with Crippen LogP contribution in [-0.2, 0) is 13.0 Å². The highest BCUT2D eigenvalue weighted by molar-refractivity contribution is 4.90. The van der Waals surface area contributed by atoms with Crippen molar-refractivity contribution in [1.82, 2.24) is 15.0 Å². The third-order valence-corrected chi connectivity index (χ3v) is 3.01. The summed E-state index contributed by atoms with van der Waals surface area (Å²) >= 11 is 0. The molecule has 0 saturated carbocycles. The van der Waals surface area contributed by atoms with E-state index in [-0.39, 0.29) is 0 Å². The number of hydrogen-bond acceptors (Lipinski definition) is 2. The number of rotatable bonds is 7. The Kier molecular flexibility index (Phi) is 5.66. The van der Waals surface area contributed by atoms with E-state index in [1.54, 1.807) is 0 Å². The molecule has 1 aromatic rings. The molecule has 0 saturated heterocycles. The van der Waals surface area contributed by atoms with E-state index in [2.05, 4.69) is 44.2 Å². The van der Waals surface area contributed by atoms with E-state index < -0.39 is 0 Å². The summed E-state index contributed by atoms with van der Waals surface area (Å²) in [6.45, 7) is 10.1. The zero-order chi connectivity index (χ0) is 12.7. The molecule has 0 radical (unpaired) electrons. The Bertz CT molecular complexity index is 310. The first-order valence-electron chi connectivity index (χ1n) is 6.90. The molecule has 0 atom stereocenters. The predicted octanol–water partition coefficient (Wildman–Crippen LogP) is 3.84. The van der Waals surface area contributed by atoms with Crippen LogP contribution >= 0.6 is 0 Å². The number of aryl methyl sites for hydroxylation is 2. The van der Waals surface area contributed by atoms with Crippen molar-refractivity contribution in [3.8, 4) is 0 Å². The Morgan fingerprint density at radius 2 is 1.82 bits per heavy atom. The largest absolute Gasteiger partial charge is 0.252 e. The predicted molar refractivity (Wildman–Crippen MR) is 71.9 cm³/mol. The maximum atomic E-state index is 4.11. The van der Waals surface area contributed by atoms with E-state index in [0.717, 1.165) is 18.7 Å². The van der Waals surface area contributed by atoms with Gasteiger partial charge in [-0.3, -0.25) is 4.68 Å². The highest BCUT2D eigenvalue weighted by Crippen LogP contribution is 2.22. The van der Waals surface area contributed by atoms with Gasteiger partial charge >= 0.3 is 0 Å². The van der Waals surface area contributed by atoms with Gasteiger partial charge in [0.1, 0.15) is 0 Å². The van der Waals surface area contributed by atoms with Gasteiger partial charge in [-0.05, 0) is 24.7 Å². The monoisotopic (exact) mass is 237 g/mol. The molecule has 0 aliphatic carbocycles. The Morgan fingerprint density at radius 3 is 2.41 bits per heavy atom. The number of nitrogens with zero attached hydrogens (tertiary/aromatic N) is 3. The van der Waals surface area contributed by atoms with Crippen LogP contribution in [0, 0.1) is 5.41 Å². The normalized spacial score (nSPS) is 12.0. The number of hydrogen-bond donors (Lipinski definition) is 0. The highest BCUT2D eigenvalue weighted by atomic mass is 15.4. The van der Waals surface area contributed by atoms with Gasteiger partial charge in [0.15, 0.2) is 0 Å². The first-order chi connectivity index (χ1) is 8.01. The van der Waals surface area contributed by atoms with Gasteiger partial charge in [0.2, 0.25) is 0 Å². The van der Waals surface area contributed by atoms with Gasteiger partial charge in [-0.15, -0.1) is 5.10 Å². The van der Waals surface area contributed by atoms with Crippen molar-refractivity contribution in [3.63, 3.8) is 0 Å². The van der Waals surface area contributed by atoms with Crippen LogP contribution in [-0.4, -0.2) is 15.0 Å². The van der Waals surface area contributed by atoms with Crippen molar-refractivity contribution in [3.05, 3.63) is 11.9 Å². The third kappa shape index (κ3) is 6.44. The molecule has 0 aromatic carbocycles. The minimum absolute atomic E-state index is 0.488. The zero-order valence-electron chi connectivity index (χ0n) is 11.9. The lowest BCUT2D eigenvalue weighted by atomic mass is 9.89. The molecule has 0 aliphatic heterocycles. The smallest absolute Gasteiger partial charge is 0.0824 e. The van der Waals surface area contributed by atoms with E-state index in [1.165, 1.54) is 32.1 Å². The van der Waals surface area contributed by atoms with Crippen molar-refractivity contribution < 1.29 is 0 Å². The molecule has 0 fully saturated rings. The van der Waals surface area contributed by atoms with E-state index in [9.17, 15) is 0 Å². The van der Waals surface area contributed by atoms with Crippen LogP contribution in [0.2, 0.25) is 0 Å². The quantitative estimate of drug-likeness (QED) is 0.675. The zero-order valence-corrected chi connectivity index (χ0v) is 11.9. The molecule has 3 heteroatoms. The standard InChI is InChI=1S/C14H27N3/c1-5-13-12-17(16-15-13)11-9-7-6-8-10-14(2,3)4/h12H,5-11H2,1-4H3. The van der Waals surface area contributed by atoms with E-state index in [0.29, 0.717) is 5.41 Å². The topological polar surface area (TPSA) is 30.7 Å². The van der Waals surface area contributed by atoms with Gasteiger partial charge < -0.3 is 0 Å². The summed E-state index contributed by atoms with van der Waals surface area (Å²) in [5, 5.41) is 8.21. The second kappa shape index (κ2) is 6.77. The molecule has 0 unspecified atom stereocenters. The highest BCUT2D eigenvalue weighted by Gasteiger charge is 2.08. The minimum Gasteiger partial charge on any atom is -0.252 e. The fourth-order valence-corrected chi connectivity index (χ4v) is 1.89. The van der Waals surface area contributed by atoms with E-state index in [4.69, 9.17) is 0 Å². The SMILES string of the molecule is CCc1cn(CCCCCCC(C)(C)C)nn1. The fourth-order valence-electron chi connectivity index (χ4n) is 1.89. The molecule has 3 nitrogen and oxygen atoms in total. The molecule has 1 heterocycles.